The second-order valence-corrected chi connectivity index (χ2v) is 7.19. The smallest absolute Gasteiger partial charge is 0.326 e. The predicted octanol–water partition coefficient (Wildman–Crippen LogP) is -1.49. The summed E-state index contributed by atoms with van der Waals surface area (Å²) in [5, 5.41) is 31.5. The molecule has 0 aliphatic rings. The Morgan fingerprint density at radius 3 is 2.09 bits per heavy atom. The van der Waals surface area contributed by atoms with Crippen LogP contribution in [0.2, 0.25) is 0 Å². The standard InChI is InChI=1S/C20H32N2O11/c1-13(24)2-4-16(20(30)31)22-17(26)5-3-14(19(28)29)10-15(25)12-33-9-8-32-7-6-21-18(27)11-23/h14,16,23H,2-12H2,1H3,(H,21,27)(H,22,26)(H,28,29)(H,30,31)/t14-,16+/m1/s1. The number of hydrogen-bond acceptors (Lipinski definition) is 9. The van der Waals surface area contributed by atoms with Crippen LogP contribution in [0.15, 0.2) is 0 Å². The number of carboxylic acid groups (broad SMARTS) is 2. The fraction of sp³-hybridized carbons (Fsp3) is 0.700. The minimum absolute atomic E-state index is 0.0190. The topological polar surface area (TPSA) is 206 Å². The second kappa shape index (κ2) is 17.6. The fourth-order valence-electron chi connectivity index (χ4n) is 2.55. The monoisotopic (exact) mass is 476 g/mol. The number of ketones is 2. The molecule has 0 rings (SSSR count). The van der Waals surface area contributed by atoms with Gasteiger partial charge in [-0.15, -0.1) is 0 Å². The largest absolute Gasteiger partial charge is 0.481 e. The number of nitrogens with one attached hydrogen (secondary N) is 2. The van der Waals surface area contributed by atoms with E-state index in [1.165, 1.54) is 6.92 Å². The van der Waals surface area contributed by atoms with Crippen LogP contribution in [0, 0.1) is 5.92 Å². The molecule has 0 aromatic heterocycles. The van der Waals surface area contributed by atoms with E-state index >= 15 is 0 Å². The lowest BCUT2D eigenvalue weighted by Crippen LogP contribution is -2.41. The highest BCUT2D eigenvalue weighted by Crippen LogP contribution is 2.13. The van der Waals surface area contributed by atoms with Gasteiger partial charge in [0.25, 0.3) is 0 Å². The first-order valence-electron chi connectivity index (χ1n) is 10.4. The Morgan fingerprint density at radius 1 is 0.848 bits per heavy atom. The van der Waals surface area contributed by atoms with E-state index in [4.69, 9.17) is 19.7 Å². The molecular weight excluding hydrogens is 444 g/mol. The van der Waals surface area contributed by atoms with E-state index in [2.05, 4.69) is 10.6 Å². The lowest BCUT2D eigenvalue weighted by Gasteiger charge is -2.15. The number of aliphatic hydroxyl groups excluding tert-OH is 1. The summed E-state index contributed by atoms with van der Waals surface area (Å²) in [7, 11) is 0. The molecule has 0 saturated heterocycles. The molecule has 5 N–H and O–H groups in total. The van der Waals surface area contributed by atoms with Crippen molar-refractivity contribution in [2.45, 2.75) is 45.1 Å². The van der Waals surface area contributed by atoms with Crippen molar-refractivity contribution in [1.29, 1.82) is 0 Å². The number of ether oxygens (including phenoxy) is 2. The van der Waals surface area contributed by atoms with Gasteiger partial charge in [-0.05, 0) is 19.8 Å². The highest BCUT2D eigenvalue weighted by atomic mass is 16.5. The number of aliphatic hydroxyl groups is 1. The van der Waals surface area contributed by atoms with Crippen molar-refractivity contribution >= 4 is 35.3 Å². The van der Waals surface area contributed by atoms with Gasteiger partial charge in [0.2, 0.25) is 11.8 Å². The zero-order valence-corrected chi connectivity index (χ0v) is 18.5. The lowest BCUT2D eigenvalue weighted by molar-refractivity contribution is -0.145. The summed E-state index contributed by atoms with van der Waals surface area (Å²) in [6, 6.07) is -1.26. The third-order valence-electron chi connectivity index (χ3n) is 4.31. The molecule has 33 heavy (non-hydrogen) atoms. The number of carbonyl (C=O) groups excluding carboxylic acids is 4. The molecule has 13 nitrogen and oxygen atoms in total. The molecule has 0 aliphatic heterocycles. The van der Waals surface area contributed by atoms with Crippen LogP contribution in [-0.4, -0.2) is 96.3 Å². The van der Waals surface area contributed by atoms with Crippen molar-refractivity contribution in [3.63, 3.8) is 0 Å². The van der Waals surface area contributed by atoms with Crippen LogP contribution in [0.3, 0.4) is 0 Å². The van der Waals surface area contributed by atoms with Crippen LogP contribution < -0.4 is 10.6 Å². The maximum atomic E-state index is 12.0. The van der Waals surface area contributed by atoms with Gasteiger partial charge in [-0.25, -0.2) is 4.79 Å². The van der Waals surface area contributed by atoms with Crippen molar-refractivity contribution < 1.29 is 53.6 Å². The summed E-state index contributed by atoms with van der Waals surface area (Å²) in [5.41, 5.74) is 0. The van der Waals surface area contributed by atoms with Gasteiger partial charge in [0.15, 0.2) is 5.78 Å². The number of Topliss-reactive ketones (excluding diaryl/α,β-unsaturated/α-hetero) is 2. The minimum atomic E-state index is -1.30. The van der Waals surface area contributed by atoms with Crippen molar-refractivity contribution in [3.8, 4) is 0 Å². The summed E-state index contributed by atoms with van der Waals surface area (Å²) in [5.74, 6) is -5.63. The number of hydrogen-bond donors (Lipinski definition) is 5. The molecule has 13 heteroatoms. The summed E-state index contributed by atoms with van der Waals surface area (Å²) in [6.07, 6.45) is -0.919. The fourth-order valence-corrected chi connectivity index (χ4v) is 2.55. The third-order valence-corrected chi connectivity index (χ3v) is 4.31. The second-order valence-electron chi connectivity index (χ2n) is 7.19. The van der Waals surface area contributed by atoms with E-state index in [0.717, 1.165) is 0 Å². The zero-order valence-electron chi connectivity index (χ0n) is 18.5. The van der Waals surface area contributed by atoms with Gasteiger partial charge in [0, 0.05) is 25.8 Å². The first kappa shape index (κ1) is 30.1. The number of rotatable bonds is 20. The highest BCUT2D eigenvalue weighted by molar-refractivity contribution is 5.86. The molecule has 0 unspecified atom stereocenters. The molecular formula is C20H32N2O11. The van der Waals surface area contributed by atoms with Crippen LogP contribution in [0.1, 0.15) is 39.0 Å². The minimum Gasteiger partial charge on any atom is -0.481 e. The molecule has 2 atom stereocenters. The Morgan fingerprint density at radius 2 is 1.52 bits per heavy atom. The first-order valence-corrected chi connectivity index (χ1v) is 10.4. The Labute approximate surface area is 190 Å². The quantitative estimate of drug-likeness (QED) is 0.128. The summed E-state index contributed by atoms with van der Waals surface area (Å²) in [6.45, 7) is 0.938. The Hall–Kier alpha value is -2.90. The van der Waals surface area contributed by atoms with Crippen LogP contribution in [0.5, 0.6) is 0 Å². The Bertz CT molecular complexity index is 681. The average Bonchev–Trinajstić information content (AvgIpc) is 2.74. The number of carboxylic acids is 2. The van der Waals surface area contributed by atoms with Crippen molar-refractivity contribution in [3.05, 3.63) is 0 Å². The van der Waals surface area contributed by atoms with Gasteiger partial charge in [-0.1, -0.05) is 0 Å². The summed E-state index contributed by atoms with van der Waals surface area (Å²) in [4.78, 5) is 68.3. The molecule has 2 amide bonds. The molecule has 0 heterocycles. The SMILES string of the molecule is CC(=O)CC[C@H](NC(=O)CC[C@H](CC(=O)COCCOCCNC(=O)CO)C(=O)O)C(=O)O. The van der Waals surface area contributed by atoms with Crippen molar-refractivity contribution in [2.75, 3.05) is 39.6 Å². The van der Waals surface area contributed by atoms with Gasteiger partial charge in [0.1, 0.15) is 25.0 Å². The molecule has 0 bridgehead atoms. The molecule has 0 aromatic rings. The molecule has 0 spiro atoms. The molecule has 0 saturated carbocycles. The molecule has 0 aromatic carbocycles. The third kappa shape index (κ3) is 16.4. The Balaban J connectivity index is 4.21. The average molecular weight is 476 g/mol. The van der Waals surface area contributed by atoms with E-state index in [1.807, 2.05) is 0 Å². The lowest BCUT2D eigenvalue weighted by atomic mass is 9.97. The van der Waals surface area contributed by atoms with Crippen LogP contribution >= 0.6 is 0 Å². The van der Waals surface area contributed by atoms with E-state index in [1.54, 1.807) is 0 Å². The highest BCUT2D eigenvalue weighted by Gasteiger charge is 2.24. The van der Waals surface area contributed by atoms with E-state index in [0.29, 0.717) is 0 Å². The maximum absolute atomic E-state index is 12.0. The summed E-state index contributed by atoms with van der Waals surface area (Å²) >= 11 is 0. The zero-order chi connectivity index (χ0) is 25.2. The van der Waals surface area contributed by atoms with Crippen molar-refractivity contribution in [1.82, 2.24) is 10.6 Å². The number of aliphatic carboxylic acids is 2. The van der Waals surface area contributed by atoms with E-state index < -0.39 is 48.1 Å². The van der Waals surface area contributed by atoms with E-state index in [-0.39, 0.29) is 70.9 Å². The predicted molar refractivity (Wildman–Crippen MR) is 111 cm³/mol. The van der Waals surface area contributed by atoms with Gasteiger partial charge in [0.05, 0.1) is 25.7 Å². The van der Waals surface area contributed by atoms with Gasteiger partial charge in [-0.2, -0.15) is 0 Å². The first-order chi connectivity index (χ1) is 15.6. The number of carbonyl (C=O) groups is 6. The van der Waals surface area contributed by atoms with Gasteiger partial charge < -0.3 is 40.2 Å². The van der Waals surface area contributed by atoms with Crippen LogP contribution in [0.25, 0.3) is 0 Å². The van der Waals surface area contributed by atoms with Crippen LogP contribution in [0.4, 0.5) is 0 Å². The van der Waals surface area contributed by atoms with Gasteiger partial charge >= 0.3 is 11.9 Å². The normalized spacial score (nSPS) is 12.4. The Kier molecular flexibility index (Phi) is 16.1. The maximum Gasteiger partial charge on any atom is 0.326 e. The summed E-state index contributed by atoms with van der Waals surface area (Å²) < 4.78 is 10.3. The molecule has 0 fully saturated rings. The molecule has 0 aliphatic carbocycles. The van der Waals surface area contributed by atoms with Crippen molar-refractivity contribution in [2.24, 2.45) is 5.92 Å². The van der Waals surface area contributed by atoms with E-state index in [9.17, 15) is 33.9 Å². The molecule has 0 radical (unpaired) electrons. The number of amides is 2. The van der Waals surface area contributed by atoms with Crippen LogP contribution in [-0.2, 0) is 38.2 Å². The molecule has 188 valence electrons. The van der Waals surface area contributed by atoms with Gasteiger partial charge in [-0.3, -0.25) is 19.2 Å².